The molecule has 0 fully saturated rings. The zero-order valence-corrected chi connectivity index (χ0v) is 16.1. The van der Waals surface area contributed by atoms with Gasteiger partial charge in [0.1, 0.15) is 12.4 Å². The molecule has 0 aliphatic rings. The number of hydrogen-bond acceptors (Lipinski definition) is 2. The van der Waals surface area contributed by atoms with Crippen LogP contribution in [0.25, 0.3) is 0 Å². The highest BCUT2D eigenvalue weighted by molar-refractivity contribution is 9.10. The average molecular weight is 417 g/mol. The van der Waals surface area contributed by atoms with Gasteiger partial charge in [0.05, 0.1) is 10.0 Å². The molecule has 0 saturated heterocycles. The summed E-state index contributed by atoms with van der Waals surface area (Å²) in [4.78, 5) is 0. The molecule has 2 aromatic carbocycles. The van der Waals surface area contributed by atoms with Crippen molar-refractivity contribution in [3.8, 4) is 5.75 Å². The Morgan fingerprint density at radius 1 is 1.09 bits per heavy atom. The van der Waals surface area contributed by atoms with E-state index in [2.05, 4.69) is 34.2 Å². The lowest BCUT2D eigenvalue weighted by Gasteiger charge is -2.13. The average Bonchev–Trinajstić information content (AvgIpc) is 2.54. The van der Waals surface area contributed by atoms with Crippen LogP contribution in [-0.2, 0) is 13.2 Å². The lowest BCUT2D eigenvalue weighted by Crippen LogP contribution is -2.15. The molecule has 124 valence electrons. The van der Waals surface area contributed by atoms with Crippen LogP contribution in [0.3, 0.4) is 0 Å². The van der Waals surface area contributed by atoms with Gasteiger partial charge >= 0.3 is 0 Å². The SMILES string of the molecule is CCCCNCc1cc(Br)ccc1OCc1ccc(Cl)c(Cl)c1. The Balaban J connectivity index is 2.01. The minimum atomic E-state index is 0.459. The molecular formula is C18H20BrCl2NO. The van der Waals surface area contributed by atoms with Crippen LogP contribution in [0.4, 0.5) is 0 Å². The van der Waals surface area contributed by atoms with Gasteiger partial charge < -0.3 is 10.1 Å². The van der Waals surface area contributed by atoms with Gasteiger partial charge in [0.25, 0.3) is 0 Å². The molecule has 0 atom stereocenters. The number of rotatable bonds is 8. The predicted octanol–water partition coefficient (Wildman–Crippen LogP) is 6.22. The third-order valence-corrected chi connectivity index (χ3v) is 4.66. The van der Waals surface area contributed by atoms with Gasteiger partial charge in [-0.15, -0.1) is 0 Å². The van der Waals surface area contributed by atoms with Crippen molar-refractivity contribution in [2.45, 2.75) is 32.9 Å². The molecule has 2 nitrogen and oxygen atoms in total. The first kappa shape index (κ1) is 18.6. The fraction of sp³-hybridized carbons (Fsp3) is 0.333. The van der Waals surface area contributed by atoms with Crippen LogP contribution in [0.2, 0.25) is 10.0 Å². The highest BCUT2D eigenvalue weighted by Gasteiger charge is 2.06. The van der Waals surface area contributed by atoms with Crippen LogP contribution < -0.4 is 10.1 Å². The van der Waals surface area contributed by atoms with E-state index in [1.807, 2.05) is 24.3 Å². The monoisotopic (exact) mass is 415 g/mol. The van der Waals surface area contributed by atoms with Crippen LogP contribution >= 0.6 is 39.1 Å². The number of unbranched alkanes of at least 4 members (excludes halogenated alkanes) is 1. The summed E-state index contributed by atoms with van der Waals surface area (Å²) in [6, 6.07) is 11.6. The first-order chi connectivity index (χ1) is 11.1. The summed E-state index contributed by atoms with van der Waals surface area (Å²) in [7, 11) is 0. The van der Waals surface area contributed by atoms with E-state index in [0.29, 0.717) is 16.7 Å². The first-order valence-corrected chi connectivity index (χ1v) is 9.21. The molecule has 0 spiro atoms. The number of benzene rings is 2. The molecule has 2 rings (SSSR count). The van der Waals surface area contributed by atoms with E-state index >= 15 is 0 Å². The minimum Gasteiger partial charge on any atom is -0.489 e. The van der Waals surface area contributed by atoms with E-state index in [9.17, 15) is 0 Å². The Morgan fingerprint density at radius 2 is 1.91 bits per heavy atom. The van der Waals surface area contributed by atoms with E-state index in [-0.39, 0.29) is 0 Å². The number of nitrogens with one attached hydrogen (secondary N) is 1. The fourth-order valence-electron chi connectivity index (χ4n) is 2.14. The Labute approximate surface area is 156 Å². The Bertz CT molecular complexity index is 649. The molecule has 0 aliphatic carbocycles. The molecule has 0 bridgehead atoms. The largest absolute Gasteiger partial charge is 0.489 e. The molecule has 0 aliphatic heterocycles. The summed E-state index contributed by atoms with van der Waals surface area (Å²) < 4.78 is 7.02. The van der Waals surface area contributed by atoms with Crippen molar-refractivity contribution >= 4 is 39.1 Å². The lowest BCUT2D eigenvalue weighted by molar-refractivity contribution is 0.302. The maximum atomic E-state index is 6.04. The number of ether oxygens (including phenoxy) is 1. The lowest BCUT2D eigenvalue weighted by atomic mass is 10.2. The van der Waals surface area contributed by atoms with Crippen molar-refractivity contribution in [1.82, 2.24) is 5.32 Å². The van der Waals surface area contributed by atoms with Gasteiger partial charge in [0.15, 0.2) is 0 Å². The van der Waals surface area contributed by atoms with Crippen LogP contribution in [-0.4, -0.2) is 6.54 Å². The first-order valence-electron chi connectivity index (χ1n) is 7.66. The van der Waals surface area contributed by atoms with Gasteiger partial charge in [0.2, 0.25) is 0 Å². The van der Waals surface area contributed by atoms with E-state index in [4.69, 9.17) is 27.9 Å². The summed E-state index contributed by atoms with van der Waals surface area (Å²) in [6.45, 7) is 4.44. The van der Waals surface area contributed by atoms with Crippen LogP contribution in [0, 0.1) is 0 Å². The van der Waals surface area contributed by atoms with Crippen molar-refractivity contribution in [3.63, 3.8) is 0 Å². The molecular weight excluding hydrogens is 397 g/mol. The quantitative estimate of drug-likeness (QED) is 0.515. The molecule has 2 aromatic rings. The van der Waals surface area contributed by atoms with Gasteiger partial charge in [-0.25, -0.2) is 0 Å². The topological polar surface area (TPSA) is 21.3 Å². The van der Waals surface area contributed by atoms with Gasteiger partial charge in [-0.1, -0.05) is 58.5 Å². The highest BCUT2D eigenvalue weighted by atomic mass is 79.9. The molecule has 0 unspecified atom stereocenters. The molecule has 5 heteroatoms. The van der Waals surface area contributed by atoms with Gasteiger partial charge in [0, 0.05) is 16.6 Å². The Morgan fingerprint density at radius 3 is 2.65 bits per heavy atom. The Hall–Kier alpha value is -0.740. The maximum Gasteiger partial charge on any atom is 0.124 e. The van der Waals surface area contributed by atoms with E-state index in [0.717, 1.165) is 34.4 Å². The van der Waals surface area contributed by atoms with Crippen molar-refractivity contribution in [2.24, 2.45) is 0 Å². The van der Waals surface area contributed by atoms with Crippen molar-refractivity contribution < 1.29 is 4.74 Å². The summed E-state index contributed by atoms with van der Waals surface area (Å²) in [5.41, 5.74) is 2.13. The summed E-state index contributed by atoms with van der Waals surface area (Å²) in [5.74, 6) is 0.878. The van der Waals surface area contributed by atoms with Crippen molar-refractivity contribution in [1.29, 1.82) is 0 Å². The van der Waals surface area contributed by atoms with E-state index in [1.165, 1.54) is 12.8 Å². The second kappa shape index (κ2) is 9.53. The molecule has 0 radical (unpaired) electrons. The van der Waals surface area contributed by atoms with Crippen LogP contribution in [0.15, 0.2) is 40.9 Å². The maximum absolute atomic E-state index is 6.04. The van der Waals surface area contributed by atoms with Crippen molar-refractivity contribution in [2.75, 3.05) is 6.54 Å². The van der Waals surface area contributed by atoms with E-state index < -0.39 is 0 Å². The standard InChI is InChI=1S/C18H20BrCl2NO/c1-2-3-8-22-11-14-10-15(19)5-7-18(14)23-12-13-4-6-16(20)17(21)9-13/h4-7,9-10,22H,2-3,8,11-12H2,1H3. The molecule has 0 heterocycles. The van der Waals surface area contributed by atoms with Crippen LogP contribution in [0.1, 0.15) is 30.9 Å². The second-order valence-electron chi connectivity index (χ2n) is 5.32. The minimum absolute atomic E-state index is 0.459. The van der Waals surface area contributed by atoms with E-state index in [1.54, 1.807) is 6.07 Å². The highest BCUT2D eigenvalue weighted by Crippen LogP contribution is 2.26. The molecule has 0 aromatic heterocycles. The third kappa shape index (κ3) is 6.00. The molecule has 0 saturated carbocycles. The summed E-state index contributed by atoms with van der Waals surface area (Å²) >= 11 is 15.5. The summed E-state index contributed by atoms with van der Waals surface area (Å²) in [5, 5.41) is 4.55. The Kier molecular flexibility index (Phi) is 7.71. The smallest absolute Gasteiger partial charge is 0.124 e. The normalized spacial score (nSPS) is 10.8. The third-order valence-electron chi connectivity index (χ3n) is 3.42. The molecule has 23 heavy (non-hydrogen) atoms. The van der Waals surface area contributed by atoms with Crippen molar-refractivity contribution in [3.05, 3.63) is 62.0 Å². The van der Waals surface area contributed by atoms with Gasteiger partial charge in [-0.2, -0.15) is 0 Å². The number of halogens is 3. The summed E-state index contributed by atoms with van der Waals surface area (Å²) in [6.07, 6.45) is 2.36. The fourth-order valence-corrected chi connectivity index (χ4v) is 2.87. The zero-order chi connectivity index (χ0) is 16.7. The molecule has 1 N–H and O–H groups in total. The predicted molar refractivity (Wildman–Crippen MR) is 102 cm³/mol. The second-order valence-corrected chi connectivity index (χ2v) is 7.05. The van der Waals surface area contributed by atoms with Gasteiger partial charge in [-0.3, -0.25) is 0 Å². The number of hydrogen-bond donors (Lipinski definition) is 1. The molecule has 0 amide bonds. The zero-order valence-electron chi connectivity index (χ0n) is 13.0. The van der Waals surface area contributed by atoms with Gasteiger partial charge in [-0.05, 0) is 48.9 Å². The van der Waals surface area contributed by atoms with Crippen LogP contribution in [0.5, 0.6) is 5.75 Å².